The van der Waals surface area contributed by atoms with Crippen molar-refractivity contribution in [2.24, 2.45) is 0 Å². The second kappa shape index (κ2) is 19.8. The molecular formula is C49H42Cl2N6O9S2. The number of amides is 3. The number of rotatable bonds is 13. The van der Waals surface area contributed by atoms with E-state index in [0.717, 1.165) is 32.3 Å². The number of sulfonamides is 1. The number of halogens is 2. The number of anilines is 2. The van der Waals surface area contributed by atoms with Gasteiger partial charge in [0, 0.05) is 32.5 Å². The molecule has 1 aromatic heterocycles. The number of likely N-dealkylation sites (N-methyl/N-ethyl adjacent to an activating group) is 1. The third kappa shape index (κ3) is 10.1. The molecule has 0 bridgehead atoms. The summed E-state index contributed by atoms with van der Waals surface area (Å²) in [4.78, 5) is 59.4. The first-order valence-electron chi connectivity index (χ1n) is 21.0. The standard InChI is InChI=1S/C49H42Cl2N6O9S2/c1-27-48(67-49(53-27)54-28(2)58)68(62,63)57-25-36-23-43-41(56(3)46(60)44(66-43)34-14-16-37(17-15-34)65-26-31-9-18-38(50)39(51)19-31)21-35(36)22-42(57)45(59)55-40(47(61)64-4)20-29-5-10-32(11-6-29)33-12-7-30(24-52)8-13-33/h5-19,21,23,40,42,44H,20,22,25-26H2,1-4H3,(H,55,59)(H,53,54,58). The Morgan fingerprint density at radius 1 is 0.941 bits per heavy atom. The molecule has 2 aliphatic rings. The monoisotopic (exact) mass is 992 g/mol. The van der Waals surface area contributed by atoms with Crippen LogP contribution < -0.4 is 25.0 Å². The van der Waals surface area contributed by atoms with Crippen LogP contribution in [0.25, 0.3) is 11.1 Å². The van der Waals surface area contributed by atoms with E-state index in [9.17, 15) is 32.9 Å². The highest BCUT2D eigenvalue weighted by Crippen LogP contribution is 2.43. The van der Waals surface area contributed by atoms with Crippen LogP contribution in [0, 0.1) is 18.3 Å². The van der Waals surface area contributed by atoms with Crippen LogP contribution in [-0.2, 0) is 59.9 Å². The molecule has 19 heteroatoms. The van der Waals surface area contributed by atoms with Crippen molar-refractivity contribution in [1.29, 1.82) is 5.26 Å². The SMILES string of the molecule is COC(=O)C(Cc1ccc(-c2ccc(C#N)cc2)cc1)NC(=O)C1Cc2cc3c(cc2CN1S(=O)(=O)c1sc(NC(C)=O)nc1C)OC(c1ccc(OCc2ccc(Cl)c(Cl)c2)cc1)C(=O)N3C. The van der Waals surface area contributed by atoms with Gasteiger partial charge in [0.15, 0.2) is 9.34 Å². The molecule has 3 heterocycles. The highest BCUT2D eigenvalue weighted by atomic mass is 35.5. The van der Waals surface area contributed by atoms with Gasteiger partial charge in [-0.2, -0.15) is 9.57 Å². The molecule has 2 aliphatic heterocycles. The number of nitrogens with zero attached hydrogens (tertiary/aromatic N) is 4. The van der Waals surface area contributed by atoms with Crippen molar-refractivity contribution >= 4 is 79.1 Å². The number of nitriles is 1. The highest BCUT2D eigenvalue weighted by molar-refractivity contribution is 7.91. The number of benzene rings is 5. The second-order valence-electron chi connectivity index (χ2n) is 16.1. The van der Waals surface area contributed by atoms with Gasteiger partial charge in [-0.05, 0) is 95.3 Å². The number of carbonyl (C=O) groups is 4. The fourth-order valence-electron chi connectivity index (χ4n) is 7.97. The predicted octanol–water partition coefficient (Wildman–Crippen LogP) is 7.95. The highest BCUT2D eigenvalue weighted by Gasteiger charge is 2.44. The first kappa shape index (κ1) is 47.7. The molecule has 0 fully saturated rings. The van der Waals surface area contributed by atoms with Gasteiger partial charge in [0.1, 0.15) is 30.2 Å². The van der Waals surface area contributed by atoms with Crippen LogP contribution >= 0.6 is 34.5 Å². The maximum atomic E-state index is 14.8. The van der Waals surface area contributed by atoms with Gasteiger partial charge < -0.3 is 29.7 Å². The Labute approximate surface area is 406 Å². The lowest BCUT2D eigenvalue weighted by atomic mass is 9.93. The summed E-state index contributed by atoms with van der Waals surface area (Å²) in [6.07, 6.45) is -1.18. The van der Waals surface area contributed by atoms with Crippen LogP contribution in [0.4, 0.5) is 10.8 Å². The molecule has 0 spiro atoms. The molecule has 68 heavy (non-hydrogen) atoms. The zero-order valence-corrected chi connectivity index (χ0v) is 40.1. The number of aryl methyl sites for hydroxylation is 1. The van der Waals surface area contributed by atoms with Crippen LogP contribution in [0.15, 0.2) is 107 Å². The van der Waals surface area contributed by atoms with Gasteiger partial charge >= 0.3 is 5.97 Å². The van der Waals surface area contributed by atoms with Crippen LogP contribution in [0.3, 0.4) is 0 Å². The van der Waals surface area contributed by atoms with Crippen molar-refractivity contribution in [3.63, 3.8) is 0 Å². The minimum atomic E-state index is -4.51. The lowest BCUT2D eigenvalue weighted by Crippen LogP contribution is -2.56. The Morgan fingerprint density at radius 3 is 2.26 bits per heavy atom. The lowest BCUT2D eigenvalue weighted by molar-refractivity contribution is -0.145. The fraction of sp³-hybridized carbons (Fsp3) is 0.224. The van der Waals surface area contributed by atoms with Gasteiger partial charge in [-0.25, -0.2) is 18.2 Å². The number of aromatic nitrogens is 1. The first-order valence-corrected chi connectivity index (χ1v) is 24.1. The summed E-state index contributed by atoms with van der Waals surface area (Å²) in [6, 6.07) is 29.4. The minimum Gasteiger partial charge on any atom is -0.489 e. The van der Waals surface area contributed by atoms with Crippen molar-refractivity contribution in [2.75, 3.05) is 24.4 Å². The molecule has 5 aromatic carbocycles. The molecule has 3 unspecified atom stereocenters. The number of ether oxygens (including phenoxy) is 3. The van der Waals surface area contributed by atoms with E-state index in [0.29, 0.717) is 55.0 Å². The van der Waals surface area contributed by atoms with E-state index in [1.165, 1.54) is 25.9 Å². The maximum absolute atomic E-state index is 14.8. The lowest BCUT2D eigenvalue weighted by Gasteiger charge is -2.38. The Hall–Kier alpha value is -6.81. The molecule has 0 radical (unpaired) electrons. The summed E-state index contributed by atoms with van der Waals surface area (Å²) in [5, 5.41) is 15.4. The first-order chi connectivity index (χ1) is 32.5. The molecule has 0 saturated heterocycles. The van der Waals surface area contributed by atoms with Gasteiger partial charge in [0.05, 0.1) is 40.2 Å². The normalized spacial score (nSPS) is 16.1. The average Bonchev–Trinajstić information content (AvgIpc) is 3.71. The van der Waals surface area contributed by atoms with Gasteiger partial charge in [-0.3, -0.25) is 14.4 Å². The quantitative estimate of drug-likeness (QED) is 0.107. The number of nitrogens with one attached hydrogen (secondary N) is 2. The molecule has 6 aromatic rings. The molecular weight excluding hydrogens is 952 g/mol. The van der Waals surface area contributed by atoms with E-state index in [1.807, 2.05) is 24.3 Å². The molecule has 3 atom stereocenters. The van der Waals surface area contributed by atoms with Crippen LogP contribution in [-0.4, -0.2) is 67.6 Å². The van der Waals surface area contributed by atoms with Crippen LogP contribution in [0.2, 0.25) is 10.0 Å². The Bertz CT molecular complexity index is 3110. The van der Waals surface area contributed by atoms with Crippen molar-refractivity contribution in [3.05, 3.63) is 152 Å². The number of esters is 1. The molecule has 8 rings (SSSR count). The molecule has 3 amide bonds. The summed E-state index contributed by atoms with van der Waals surface area (Å²) < 4.78 is 47.8. The third-order valence-electron chi connectivity index (χ3n) is 11.5. The zero-order chi connectivity index (χ0) is 48.4. The van der Waals surface area contributed by atoms with Crippen molar-refractivity contribution < 1.29 is 41.8 Å². The largest absolute Gasteiger partial charge is 0.489 e. The van der Waals surface area contributed by atoms with E-state index in [1.54, 1.807) is 85.9 Å². The second-order valence-corrected chi connectivity index (χ2v) is 20.0. The molecule has 348 valence electrons. The Kier molecular flexibility index (Phi) is 13.9. The minimum absolute atomic E-state index is 0.0174. The van der Waals surface area contributed by atoms with E-state index in [2.05, 4.69) is 21.7 Å². The maximum Gasteiger partial charge on any atom is 0.328 e. The average molecular weight is 994 g/mol. The van der Waals surface area contributed by atoms with Gasteiger partial charge in [-0.15, -0.1) is 0 Å². The number of hydrogen-bond donors (Lipinski definition) is 2. The zero-order valence-electron chi connectivity index (χ0n) is 36.9. The smallest absolute Gasteiger partial charge is 0.328 e. The number of methoxy groups -OCH3 is 1. The number of fused-ring (bicyclic) bond motifs is 2. The molecule has 2 N–H and O–H groups in total. The van der Waals surface area contributed by atoms with Crippen molar-refractivity contribution in [1.82, 2.24) is 14.6 Å². The summed E-state index contributed by atoms with van der Waals surface area (Å²) >= 11 is 13.0. The third-order valence-corrected chi connectivity index (χ3v) is 15.8. The molecule has 0 saturated carbocycles. The van der Waals surface area contributed by atoms with Crippen LogP contribution in [0.1, 0.15) is 52.1 Å². The van der Waals surface area contributed by atoms with E-state index in [-0.39, 0.29) is 46.9 Å². The number of carbonyl (C=O) groups excluding carboxylic acids is 4. The van der Waals surface area contributed by atoms with E-state index >= 15 is 0 Å². The summed E-state index contributed by atoms with van der Waals surface area (Å²) in [6.45, 7) is 2.70. The van der Waals surface area contributed by atoms with Crippen LogP contribution in [0.5, 0.6) is 11.5 Å². The number of thiazole rings is 1. The Balaban J connectivity index is 1.07. The molecule has 15 nitrogen and oxygen atoms in total. The molecule has 0 aliphatic carbocycles. The van der Waals surface area contributed by atoms with Gasteiger partial charge in [0.2, 0.25) is 17.9 Å². The van der Waals surface area contributed by atoms with E-state index in [4.69, 9.17) is 37.4 Å². The van der Waals surface area contributed by atoms with E-state index < -0.39 is 46.0 Å². The summed E-state index contributed by atoms with van der Waals surface area (Å²) in [7, 11) is -1.71. The predicted molar refractivity (Wildman–Crippen MR) is 256 cm³/mol. The summed E-state index contributed by atoms with van der Waals surface area (Å²) in [5.41, 5.74) is 5.94. The summed E-state index contributed by atoms with van der Waals surface area (Å²) in [5.74, 6) is -1.47. The topological polar surface area (TPSA) is 197 Å². The van der Waals surface area contributed by atoms with Gasteiger partial charge in [0.25, 0.3) is 15.9 Å². The fourth-order valence-corrected chi connectivity index (χ4v) is 11.4. The van der Waals surface area contributed by atoms with Gasteiger partial charge in [-0.1, -0.05) is 89.1 Å². The number of hydrogen-bond acceptors (Lipinski definition) is 12. The Morgan fingerprint density at radius 2 is 1.62 bits per heavy atom. The van der Waals surface area contributed by atoms with Crippen molar-refractivity contribution in [2.45, 2.75) is 62.2 Å². The van der Waals surface area contributed by atoms with Crippen molar-refractivity contribution in [3.8, 4) is 28.7 Å².